The standard InChI is InChI=1S/C16H27N3O3S2/c1-12(2)10-15(20)18-8-7-14-5-6-16(23-14)24(21,22)19-9-3-4-13(19)11-17/h5-6,12-13H,3-4,7-11,17H2,1-2H3,(H,18,20). The van der Waals surface area contributed by atoms with E-state index in [1.165, 1.54) is 15.6 Å². The minimum Gasteiger partial charge on any atom is -0.356 e. The average molecular weight is 374 g/mol. The van der Waals surface area contributed by atoms with Gasteiger partial charge in [0.2, 0.25) is 5.91 Å². The van der Waals surface area contributed by atoms with E-state index < -0.39 is 10.0 Å². The molecule has 2 heterocycles. The number of amides is 1. The molecule has 1 fully saturated rings. The van der Waals surface area contributed by atoms with Crippen molar-refractivity contribution in [2.24, 2.45) is 11.7 Å². The fourth-order valence-corrected chi connectivity index (χ4v) is 6.06. The first-order valence-corrected chi connectivity index (χ1v) is 10.7. The van der Waals surface area contributed by atoms with Gasteiger partial charge in [-0.2, -0.15) is 4.31 Å². The third-order valence-corrected chi connectivity index (χ3v) is 7.65. The van der Waals surface area contributed by atoms with Crippen LogP contribution in [0.5, 0.6) is 0 Å². The number of carbonyl (C=O) groups is 1. The second kappa shape index (κ2) is 8.42. The first-order chi connectivity index (χ1) is 11.3. The van der Waals surface area contributed by atoms with Gasteiger partial charge in [-0.3, -0.25) is 4.79 Å². The monoisotopic (exact) mass is 373 g/mol. The second-order valence-electron chi connectivity index (χ2n) is 6.57. The summed E-state index contributed by atoms with van der Waals surface area (Å²) < 4.78 is 27.4. The van der Waals surface area contributed by atoms with Crippen LogP contribution in [0.4, 0.5) is 0 Å². The number of nitrogens with zero attached hydrogens (tertiary/aromatic N) is 1. The quantitative estimate of drug-likeness (QED) is 0.723. The molecular weight excluding hydrogens is 346 g/mol. The Labute approximate surface area is 148 Å². The molecule has 1 atom stereocenters. The van der Waals surface area contributed by atoms with E-state index >= 15 is 0 Å². The molecule has 8 heteroatoms. The minimum absolute atomic E-state index is 0.0391. The fourth-order valence-electron chi connectivity index (χ4n) is 2.88. The van der Waals surface area contributed by atoms with E-state index in [2.05, 4.69) is 5.32 Å². The van der Waals surface area contributed by atoms with Gasteiger partial charge in [0.05, 0.1) is 0 Å². The summed E-state index contributed by atoms with van der Waals surface area (Å²) >= 11 is 1.28. The highest BCUT2D eigenvalue weighted by atomic mass is 32.2. The smallest absolute Gasteiger partial charge is 0.252 e. The molecule has 1 amide bonds. The second-order valence-corrected chi connectivity index (χ2v) is 9.85. The molecule has 1 aliphatic rings. The largest absolute Gasteiger partial charge is 0.356 e. The first kappa shape index (κ1) is 19.4. The molecule has 1 saturated heterocycles. The Bertz CT molecular complexity index is 655. The lowest BCUT2D eigenvalue weighted by molar-refractivity contribution is -0.121. The highest BCUT2D eigenvalue weighted by molar-refractivity contribution is 7.91. The van der Waals surface area contributed by atoms with Crippen molar-refractivity contribution in [1.29, 1.82) is 0 Å². The Morgan fingerprint density at radius 2 is 2.21 bits per heavy atom. The maximum atomic E-state index is 12.7. The summed E-state index contributed by atoms with van der Waals surface area (Å²) in [5, 5.41) is 2.87. The molecule has 1 aliphatic heterocycles. The van der Waals surface area contributed by atoms with E-state index in [4.69, 9.17) is 5.73 Å². The molecule has 0 bridgehead atoms. The molecule has 24 heavy (non-hydrogen) atoms. The van der Waals surface area contributed by atoms with E-state index in [1.54, 1.807) is 6.07 Å². The molecule has 1 aromatic rings. The van der Waals surface area contributed by atoms with Crippen molar-refractivity contribution in [2.45, 2.75) is 49.8 Å². The molecule has 0 aliphatic carbocycles. The Hall–Kier alpha value is -0.960. The van der Waals surface area contributed by atoms with Gasteiger partial charge in [0.25, 0.3) is 10.0 Å². The van der Waals surface area contributed by atoms with Crippen LogP contribution in [0.15, 0.2) is 16.3 Å². The van der Waals surface area contributed by atoms with E-state index in [9.17, 15) is 13.2 Å². The van der Waals surface area contributed by atoms with Gasteiger partial charge in [-0.25, -0.2) is 8.42 Å². The third kappa shape index (κ3) is 4.78. The van der Waals surface area contributed by atoms with Gasteiger partial charge in [-0.15, -0.1) is 11.3 Å². The van der Waals surface area contributed by atoms with Crippen LogP contribution >= 0.6 is 11.3 Å². The molecule has 1 unspecified atom stereocenters. The number of nitrogens with one attached hydrogen (secondary N) is 1. The normalized spacial score (nSPS) is 19.1. The van der Waals surface area contributed by atoms with Gasteiger partial charge in [0.1, 0.15) is 4.21 Å². The number of nitrogens with two attached hydrogens (primary N) is 1. The Morgan fingerprint density at radius 1 is 1.46 bits per heavy atom. The lowest BCUT2D eigenvalue weighted by Gasteiger charge is -2.21. The van der Waals surface area contributed by atoms with Crippen molar-refractivity contribution in [3.05, 3.63) is 17.0 Å². The summed E-state index contributed by atoms with van der Waals surface area (Å²) in [5.41, 5.74) is 5.69. The van der Waals surface area contributed by atoms with Crippen molar-refractivity contribution >= 4 is 27.3 Å². The number of carbonyl (C=O) groups excluding carboxylic acids is 1. The van der Waals surface area contributed by atoms with Crippen molar-refractivity contribution in [3.63, 3.8) is 0 Å². The summed E-state index contributed by atoms with van der Waals surface area (Å²) in [6, 6.07) is 3.41. The number of hydrogen-bond donors (Lipinski definition) is 2. The van der Waals surface area contributed by atoms with Crippen molar-refractivity contribution < 1.29 is 13.2 Å². The molecule has 0 radical (unpaired) electrons. The number of sulfonamides is 1. The molecule has 136 valence electrons. The van der Waals surface area contributed by atoms with Crippen LogP contribution in [0.3, 0.4) is 0 Å². The zero-order chi connectivity index (χ0) is 17.7. The van der Waals surface area contributed by atoms with Crippen LogP contribution in [0.25, 0.3) is 0 Å². The van der Waals surface area contributed by atoms with Crippen molar-refractivity contribution in [2.75, 3.05) is 19.6 Å². The van der Waals surface area contributed by atoms with Crippen LogP contribution in [-0.4, -0.2) is 44.3 Å². The average Bonchev–Trinajstić information content (AvgIpc) is 3.15. The molecule has 2 rings (SSSR count). The summed E-state index contributed by atoms with van der Waals surface area (Å²) in [6.07, 6.45) is 2.85. The fraction of sp³-hybridized carbons (Fsp3) is 0.688. The Balaban J connectivity index is 1.94. The van der Waals surface area contributed by atoms with Gasteiger partial charge in [-0.05, 0) is 37.3 Å². The topological polar surface area (TPSA) is 92.5 Å². The van der Waals surface area contributed by atoms with Crippen LogP contribution in [-0.2, 0) is 21.2 Å². The van der Waals surface area contributed by atoms with Crippen LogP contribution in [0.2, 0.25) is 0 Å². The van der Waals surface area contributed by atoms with Gasteiger partial charge < -0.3 is 11.1 Å². The van der Waals surface area contributed by atoms with Crippen LogP contribution < -0.4 is 11.1 Å². The molecule has 1 aromatic heterocycles. The van der Waals surface area contributed by atoms with E-state index in [0.717, 1.165) is 17.7 Å². The van der Waals surface area contributed by atoms with Gasteiger partial charge in [-0.1, -0.05) is 13.8 Å². The maximum absolute atomic E-state index is 12.7. The summed E-state index contributed by atoms with van der Waals surface area (Å²) in [6.45, 7) is 5.44. The van der Waals surface area contributed by atoms with E-state index in [-0.39, 0.29) is 11.9 Å². The molecule has 0 aromatic carbocycles. The number of rotatable bonds is 8. The zero-order valence-corrected chi connectivity index (χ0v) is 16.0. The molecule has 0 saturated carbocycles. The van der Waals surface area contributed by atoms with Crippen molar-refractivity contribution in [1.82, 2.24) is 9.62 Å². The van der Waals surface area contributed by atoms with E-state index in [1.807, 2.05) is 19.9 Å². The lowest BCUT2D eigenvalue weighted by atomic mass is 10.1. The van der Waals surface area contributed by atoms with E-state index in [0.29, 0.717) is 42.6 Å². The van der Waals surface area contributed by atoms with Crippen LogP contribution in [0, 0.1) is 5.92 Å². The van der Waals surface area contributed by atoms with Gasteiger partial charge >= 0.3 is 0 Å². The predicted molar refractivity (Wildman–Crippen MR) is 96.5 cm³/mol. The molecular formula is C16H27N3O3S2. The van der Waals surface area contributed by atoms with Gasteiger partial charge in [0, 0.05) is 37.0 Å². The van der Waals surface area contributed by atoms with Gasteiger partial charge in [0.15, 0.2) is 0 Å². The first-order valence-electron chi connectivity index (χ1n) is 8.42. The molecule has 0 spiro atoms. The molecule has 6 nitrogen and oxygen atoms in total. The Kier molecular flexibility index (Phi) is 6.79. The SMILES string of the molecule is CC(C)CC(=O)NCCc1ccc(S(=O)(=O)N2CCCC2CN)s1. The predicted octanol–water partition coefficient (Wildman–Crippen LogP) is 1.56. The number of hydrogen-bond acceptors (Lipinski definition) is 5. The summed E-state index contributed by atoms with van der Waals surface area (Å²) in [5.74, 6) is 0.372. The summed E-state index contributed by atoms with van der Waals surface area (Å²) in [7, 11) is -3.45. The highest BCUT2D eigenvalue weighted by Gasteiger charge is 2.35. The number of thiophene rings is 1. The minimum atomic E-state index is -3.45. The highest BCUT2D eigenvalue weighted by Crippen LogP contribution is 2.30. The summed E-state index contributed by atoms with van der Waals surface area (Å²) in [4.78, 5) is 12.6. The molecule has 3 N–H and O–H groups in total. The van der Waals surface area contributed by atoms with Crippen LogP contribution in [0.1, 0.15) is 38.0 Å². The third-order valence-electron chi connectivity index (χ3n) is 4.08. The Morgan fingerprint density at radius 3 is 2.88 bits per heavy atom. The lowest BCUT2D eigenvalue weighted by Crippen LogP contribution is -2.39. The maximum Gasteiger partial charge on any atom is 0.252 e. The zero-order valence-electron chi connectivity index (χ0n) is 14.3. The van der Waals surface area contributed by atoms with Crippen molar-refractivity contribution in [3.8, 4) is 0 Å².